The zero-order chi connectivity index (χ0) is 32.2. The Hall–Kier alpha value is -4.15. The van der Waals surface area contributed by atoms with Crippen molar-refractivity contribution in [3.8, 4) is 5.75 Å². The summed E-state index contributed by atoms with van der Waals surface area (Å²) in [7, 11) is -3.87. The van der Waals surface area contributed by atoms with E-state index in [1.807, 2.05) is 91.9 Å². The van der Waals surface area contributed by atoms with Crippen molar-refractivity contribution in [2.75, 3.05) is 23.7 Å². The molecule has 0 bridgehead atoms. The molecule has 0 heterocycles. The number of nitrogens with one attached hydrogen (secondary N) is 1. The molecule has 10 heteroatoms. The molecule has 4 rings (SSSR count). The average molecular weight is 693 g/mol. The summed E-state index contributed by atoms with van der Waals surface area (Å²) in [6.45, 7) is 2.42. The largest absolute Gasteiger partial charge is 0.489 e. The highest BCUT2D eigenvalue weighted by atomic mass is 79.9. The standard InChI is InChI=1S/C35H38BrN3O5S/c1-3-22-37-35(41)33(23-27-10-6-4-7-11-27)38(24-28-14-16-30(36)17-15-28)34(40)25-39(45(2,42)43)31-18-20-32(21-19-31)44-26-29-12-8-5-9-13-29/h4-21,33H,3,22-26H2,1-2H3,(H,37,41). The minimum atomic E-state index is -3.87. The van der Waals surface area contributed by atoms with Gasteiger partial charge in [0.1, 0.15) is 24.9 Å². The number of rotatable bonds is 15. The van der Waals surface area contributed by atoms with Crippen molar-refractivity contribution in [2.24, 2.45) is 0 Å². The predicted molar refractivity (Wildman–Crippen MR) is 181 cm³/mol. The Kier molecular flexibility index (Phi) is 12.2. The van der Waals surface area contributed by atoms with E-state index in [4.69, 9.17) is 4.74 Å². The number of hydrogen-bond acceptors (Lipinski definition) is 5. The number of benzene rings is 4. The molecule has 1 unspecified atom stereocenters. The van der Waals surface area contributed by atoms with Gasteiger partial charge in [-0.25, -0.2) is 8.42 Å². The van der Waals surface area contributed by atoms with Gasteiger partial charge in [-0.3, -0.25) is 13.9 Å². The summed E-state index contributed by atoms with van der Waals surface area (Å²) in [6, 6.07) is 32.4. The molecule has 0 aliphatic heterocycles. The highest BCUT2D eigenvalue weighted by Gasteiger charge is 2.33. The Labute approximate surface area is 274 Å². The molecule has 0 spiro atoms. The van der Waals surface area contributed by atoms with Gasteiger partial charge < -0.3 is 15.0 Å². The minimum absolute atomic E-state index is 0.118. The maximum absolute atomic E-state index is 14.2. The van der Waals surface area contributed by atoms with E-state index in [1.54, 1.807) is 24.3 Å². The number of halogens is 1. The number of ether oxygens (including phenoxy) is 1. The molecule has 45 heavy (non-hydrogen) atoms. The number of amides is 2. The van der Waals surface area contributed by atoms with Crippen LogP contribution in [-0.2, 0) is 39.2 Å². The molecule has 4 aromatic rings. The van der Waals surface area contributed by atoms with E-state index in [0.717, 1.165) is 38.1 Å². The molecule has 0 aliphatic rings. The topological polar surface area (TPSA) is 96.0 Å². The van der Waals surface area contributed by atoms with E-state index >= 15 is 0 Å². The van der Waals surface area contributed by atoms with Crippen LogP contribution in [0.25, 0.3) is 0 Å². The SMILES string of the molecule is CCCNC(=O)C(Cc1ccccc1)N(Cc1ccc(Br)cc1)C(=O)CN(c1ccc(OCc2ccccc2)cc1)S(C)(=O)=O. The van der Waals surface area contributed by atoms with Crippen molar-refractivity contribution < 1.29 is 22.7 Å². The van der Waals surface area contributed by atoms with Crippen molar-refractivity contribution in [3.05, 3.63) is 130 Å². The van der Waals surface area contributed by atoms with Gasteiger partial charge in [-0.1, -0.05) is 95.7 Å². The summed E-state index contributed by atoms with van der Waals surface area (Å²) in [4.78, 5) is 29.3. The van der Waals surface area contributed by atoms with Gasteiger partial charge in [0.25, 0.3) is 0 Å². The van der Waals surface area contributed by atoms with Gasteiger partial charge in [-0.2, -0.15) is 0 Å². The molecule has 0 saturated carbocycles. The van der Waals surface area contributed by atoms with E-state index in [2.05, 4.69) is 21.2 Å². The summed E-state index contributed by atoms with van der Waals surface area (Å²) in [6.07, 6.45) is 2.07. The molecular formula is C35H38BrN3O5S. The average Bonchev–Trinajstić information content (AvgIpc) is 3.04. The van der Waals surface area contributed by atoms with Gasteiger partial charge in [-0.15, -0.1) is 0 Å². The summed E-state index contributed by atoms with van der Waals surface area (Å²) in [5, 5.41) is 2.94. The third-order valence-corrected chi connectivity index (χ3v) is 8.81. The molecule has 0 radical (unpaired) electrons. The van der Waals surface area contributed by atoms with Crippen LogP contribution in [0.4, 0.5) is 5.69 Å². The van der Waals surface area contributed by atoms with Crippen molar-refractivity contribution in [1.82, 2.24) is 10.2 Å². The quantitative estimate of drug-likeness (QED) is 0.166. The van der Waals surface area contributed by atoms with Gasteiger partial charge in [-0.05, 0) is 59.5 Å². The third kappa shape index (κ3) is 10.2. The second-order valence-corrected chi connectivity index (χ2v) is 13.5. The first-order chi connectivity index (χ1) is 21.6. The number of carbonyl (C=O) groups is 2. The number of sulfonamides is 1. The van der Waals surface area contributed by atoms with Crippen LogP contribution in [0, 0.1) is 0 Å². The Morgan fingerprint density at radius 2 is 1.42 bits per heavy atom. The number of hydrogen-bond donors (Lipinski definition) is 1. The van der Waals surface area contributed by atoms with E-state index in [1.165, 1.54) is 4.90 Å². The molecule has 1 atom stereocenters. The van der Waals surface area contributed by atoms with Gasteiger partial charge >= 0.3 is 0 Å². The van der Waals surface area contributed by atoms with Crippen LogP contribution < -0.4 is 14.4 Å². The van der Waals surface area contributed by atoms with Gasteiger partial charge in [0.05, 0.1) is 11.9 Å². The molecule has 0 aromatic heterocycles. The second-order valence-electron chi connectivity index (χ2n) is 10.7. The summed E-state index contributed by atoms with van der Waals surface area (Å²) in [5.41, 5.74) is 3.01. The van der Waals surface area contributed by atoms with Crippen LogP contribution in [0.5, 0.6) is 5.75 Å². The third-order valence-electron chi connectivity index (χ3n) is 7.14. The lowest BCUT2D eigenvalue weighted by molar-refractivity contribution is -0.140. The lowest BCUT2D eigenvalue weighted by Crippen LogP contribution is -2.53. The Morgan fingerprint density at radius 1 is 0.822 bits per heavy atom. The van der Waals surface area contributed by atoms with Gasteiger partial charge in [0.15, 0.2) is 0 Å². The Balaban J connectivity index is 1.63. The molecular weight excluding hydrogens is 654 g/mol. The fraction of sp³-hybridized carbons (Fsp3) is 0.257. The number of carbonyl (C=O) groups excluding carboxylic acids is 2. The molecule has 0 fully saturated rings. The molecule has 8 nitrogen and oxygen atoms in total. The number of nitrogens with zero attached hydrogens (tertiary/aromatic N) is 2. The van der Waals surface area contributed by atoms with Crippen LogP contribution in [0.1, 0.15) is 30.0 Å². The Morgan fingerprint density at radius 3 is 2.00 bits per heavy atom. The molecule has 0 saturated heterocycles. The van der Waals surface area contributed by atoms with Crippen LogP contribution in [-0.4, -0.2) is 50.5 Å². The summed E-state index contributed by atoms with van der Waals surface area (Å²) >= 11 is 3.45. The minimum Gasteiger partial charge on any atom is -0.489 e. The molecule has 2 amide bonds. The van der Waals surface area contributed by atoms with E-state index in [9.17, 15) is 18.0 Å². The summed E-state index contributed by atoms with van der Waals surface area (Å²) < 4.78 is 33.9. The second kappa shape index (κ2) is 16.2. The molecule has 4 aromatic carbocycles. The smallest absolute Gasteiger partial charge is 0.244 e. The van der Waals surface area contributed by atoms with E-state index in [0.29, 0.717) is 24.6 Å². The van der Waals surface area contributed by atoms with E-state index in [-0.39, 0.29) is 18.9 Å². The highest BCUT2D eigenvalue weighted by Crippen LogP contribution is 2.24. The van der Waals surface area contributed by atoms with Crippen molar-refractivity contribution >= 4 is 43.5 Å². The van der Waals surface area contributed by atoms with Crippen LogP contribution in [0.15, 0.2) is 114 Å². The van der Waals surface area contributed by atoms with Crippen molar-refractivity contribution in [2.45, 2.75) is 39.0 Å². The maximum Gasteiger partial charge on any atom is 0.244 e. The molecule has 1 N–H and O–H groups in total. The monoisotopic (exact) mass is 691 g/mol. The fourth-order valence-electron chi connectivity index (χ4n) is 4.77. The zero-order valence-electron chi connectivity index (χ0n) is 25.4. The van der Waals surface area contributed by atoms with Crippen molar-refractivity contribution in [3.63, 3.8) is 0 Å². The predicted octanol–water partition coefficient (Wildman–Crippen LogP) is 5.96. The highest BCUT2D eigenvalue weighted by molar-refractivity contribution is 9.10. The van der Waals surface area contributed by atoms with E-state index < -0.39 is 28.5 Å². The lowest BCUT2D eigenvalue weighted by Gasteiger charge is -2.33. The first kappa shape index (κ1) is 33.7. The summed E-state index contributed by atoms with van der Waals surface area (Å²) in [5.74, 6) is -0.230. The molecule has 0 aliphatic carbocycles. The normalized spacial score (nSPS) is 11.8. The van der Waals surface area contributed by atoms with Crippen LogP contribution in [0.3, 0.4) is 0 Å². The Bertz CT molecular complexity index is 1630. The number of anilines is 1. The fourth-order valence-corrected chi connectivity index (χ4v) is 5.88. The molecule has 236 valence electrons. The first-order valence-electron chi connectivity index (χ1n) is 14.7. The zero-order valence-corrected chi connectivity index (χ0v) is 27.8. The van der Waals surface area contributed by atoms with Gasteiger partial charge in [0.2, 0.25) is 21.8 Å². The van der Waals surface area contributed by atoms with Gasteiger partial charge in [0, 0.05) is 24.0 Å². The van der Waals surface area contributed by atoms with Crippen LogP contribution >= 0.6 is 15.9 Å². The lowest BCUT2D eigenvalue weighted by atomic mass is 10.0. The first-order valence-corrected chi connectivity index (χ1v) is 17.4. The maximum atomic E-state index is 14.2. The van der Waals surface area contributed by atoms with Crippen molar-refractivity contribution in [1.29, 1.82) is 0 Å². The van der Waals surface area contributed by atoms with Crippen LogP contribution in [0.2, 0.25) is 0 Å².